The van der Waals surface area contributed by atoms with Crippen LogP contribution in [0.25, 0.3) is 11.2 Å². The van der Waals surface area contributed by atoms with Crippen LogP contribution in [0.3, 0.4) is 0 Å². The summed E-state index contributed by atoms with van der Waals surface area (Å²) in [6, 6.07) is 3.22. The summed E-state index contributed by atoms with van der Waals surface area (Å²) in [6.45, 7) is 6.76. The van der Waals surface area contributed by atoms with E-state index in [1.807, 2.05) is 23.8 Å². The number of nitrogens with zero attached hydrogens (tertiary/aromatic N) is 5. The van der Waals surface area contributed by atoms with Gasteiger partial charge in [0.15, 0.2) is 17.0 Å². The van der Waals surface area contributed by atoms with Crippen molar-refractivity contribution >= 4 is 34.3 Å². The summed E-state index contributed by atoms with van der Waals surface area (Å²) in [7, 11) is 1.91. The quantitative estimate of drug-likeness (QED) is 0.525. The maximum absolute atomic E-state index is 13.8. The highest BCUT2D eigenvalue weighted by Gasteiger charge is 2.31. The van der Waals surface area contributed by atoms with Gasteiger partial charge >= 0.3 is 6.18 Å². The van der Waals surface area contributed by atoms with E-state index in [0.29, 0.717) is 60.0 Å². The Morgan fingerprint density at radius 1 is 1.16 bits per heavy atom. The highest BCUT2D eigenvalue weighted by atomic mass is 19.4. The van der Waals surface area contributed by atoms with Crippen molar-refractivity contribution in [1.82, 2.24) is 19.9 Å². The first-order chi connectivity index (χ1) is 18.1. The Labute approximate surface area is 217 Å². The number of benzene rings is 1. The molecule has 202 valence electrons. The molecule has 12 heteroatoms. The molecule has 0 unspecified atom stereocenters. The number of likely N-dealkylation sites (N-methyl/N-ethyl adjacent to an activating group) is 1. The van der Waals surface area contributed by atoms with Crippen molar-refractivity contribution in [1.29, 1.82) is 0 Å². The van der Waals surface area contributed by atoms with Crippen molar-refractivity contribution in [3.05, 3.63) is 50.9 Å². The molecule has 0 radical (unpaired) electrons. The first-order valence-corrected chi connectivity index (χ1v) is 12.7. The molecule has 2 aromatic heterocycles. The SMILES string of the molecule is CCc1c(N2CCNCC2)c(=O)c2nc3c(nc2n1CC(=O)Nc1ccc(C(F)(F)F)cc1C)CCN3C. The molecular weight excluding hydrogens is 499 g/mol. The average molecular weight is 530 g/mol. The molecule has 2 aliphatic heterocycles. The zero-order chi connectivity index (χ0) is 27.2. The van der Waals surface area contributed by atoms with Crippen LogP contribution in [0.4, 0.5) is 30.4 Å². The number of pyridine rings is 1. The summed E-state index contributed by atoms with van der Waals surface area (Å²) in [4.78, 5) is 40.6. The predicted octanol–water partition coefficient (Wildman–Crippen LogP) is 2.72. The number of nitrogens with one attached hydrogen (secondary N) is 2. The number of fused-ring (bicyclic) bond motifs is 2. The van der Waals surface area contributed by atoms with E-state index in [4.69, 9.17) is 9.97 Å². The molecule has 1 amide bonds. The van der Waals surface area contributed by atoms with Gasteiger partial charge in [0.25, 0.3) is 0 Å². The third-order valence-corrected chi connectivity index (χ3v) is 7.16. The Balaban J connectivity index is 1.59. The van der Waals surface area contributed by atoms with Gasteiger partial charge in [-0.1, -0.05) is 6.92 Å². The number of hydrogen-bond donors (Lipinski definition) is 2. The number of amides is 1. The number of carbonyl (C=O) groups excluding carboxylic acids is 1. The molecule has 1 fully saturated rings. The number of halogens is 3. The molecule has 1 aromatic carbocycles. The maximum atomic E-state index is 13.8. The van der Waals surface area contributed by atoms with E-state index in [1.165, 1.54) is 13.0 Å². The minimum atomic E-state index is -4.47. The van der Waals surface area contributed by atoms with E-state index < -0.39 is 17.6 Å². The zero-order valence-corrected chi connectivity index (χ0v) is 21.6. The molecule has 0 aliphatic carbocycles. The van der Waals surface area contributed by atoms with Gasteiger partial charge in [0.1, 0.15) is 12.2 Å². The number of carbonyl (C=O) groups is 1. The number of aryl methyl sites for hydroxylation is 1. The van der Waals surface area contributed by atoms with E-state index in [-0.39, 0.29) is 17.5 Å². The minimum Gasteiger partial charge on any atom is -0.364 e. The summed E-state index contributed by atoms with van der Waals surface area (Å²) in [6.07, 6.45) is -3.30. The maximum Gasteiger partial charge on any atom is 0.416 e. The van der Waals surface area contributed by atoms with E-state index in [9.17, 15) is 22.8 Å². The number of alkyl halides is 3. The number of aromatic nitrogens is 3. The van der Waals surface area contributed by atoms with Gasteiger partial charge in [0, 0.05) is 57.6 Å². The van der Waals surface area contributed by atoms with Gasteiger partial charge in [0.2, 0.25) is 11.3 Å². The molecule has 0 bridgehead atoms. The molecule has 0 saturated carbocycles. The van der Waals surface area contributed by atoms with Gasteiger partial charge in [-0.15, -0.1) is 0 Å². The molecule has 1 saturated heterocycles. The number of piperazine rings is 1. The van der Waals surface area contributed by atoms with Gasteiger partial charge in [-0.25, -0.2) is 9.97 Å². The van der Waals surface area contributed by atoms with Crippen molar-refractivity contribution in [3.63, 3.8) is 0 Å². The molecule has 3 aromatic rings. The third kappa shape index (κ3) is 4.68. The Bertz CT molecular complexity index is 1460. The highest BCUT2D eigenvalue weighted by Crippen LogP contribution is 2.32. The van der Waals surface area contributed by atoms with Crippen molar-refractivity contribution in [2.75, 3.05) is 54.9 Å². The molecule has 0 spiro atoms. The van der Waals surface area contributed by atoms with Crippen LogP contribution in [-0.4, -0.2) is 60.2 Å². The normalized spacial score (nSPS) is 15.7. The lowest BCUT2D eigenvalue weighted by molar-refractivity contribution is -0.137. The smallest absolute Gasteiger partial charge is 0.364 e. The minimum absolute atomic E-state index is 0.164. The van der Waals surface area contributed by atoms with E-state index in [1.54, 1.807) is 4.57 Å². The van der Waals surface area contributed by atoms with Gasteiger partial charge in [-0.2, -0.15) is 13.2 Å². The van der Waals surface area contributed by atoms with Crippen molar-refractivity contribution in [2.24, 2.45) is 0 Å². The lowest BCUT2D eigenvalue weighted by Crippen LogP contribution is -2.46. The van der Waals surface area contributed by atoms with E-state index in [2.05, 4.69) is 10.6 Å². The lowest BCUT2D eigenvalue weighted by Gasteiger charge is -2.32. The molecule has 2 aliphatic rings. The average Bonchev–Trinajstić information content (AvgIpc) is 3.25. The van der Waals surface area contributed by atoms with Gasteiger partial charge < -0.3 is 25.0 Å². The predicted molar refractivity (Wildman–Crippen MR) is 140 cm³/mol. The summed E-state index contributed by atoms with van der Waals surface area (Å²) in [5.41, 5.74) is 2.15. The van der Waals surface area contributed by atoms with Crippen LogP contribution < -0.4 is 25.9 Å². The summed E-state index contributed by atoms with van der Waals surface area (Å²) < 4.78 is 41.0. The van der Waals surface area contributed by atoms with Gasteiger partial charge in [-0.05, 0) is 37.1 Å². The Morgan fingerprint density at radius 2 is 1.89 bits per heavy atom. The van der Waals surface area contributed by atoms with Gasteiger partial charge in [0.05, 0.1) is 11.3 Å². The summed E-state index contributed by atoms with van der Waals surface area (Å²) in [5.74, 6) is 0.236. The molecule has 4 heterocycles. The Hall–Kier alpha value is -3.67. The first-order valence-electron chi connectivity index (χ1n) is 12.7. The fourth-order valence-electron chi connectivity index (χ4n) is 5.20. The van der Waals surface area contributed by atoms with Crippen LogP contribution in [0.2, 0.25) is 0 Å². The topological polar surface area (TPSA) is 95.4 Å². The Morgan fingerprint density at radius 3 is 2.55 bits per heavy atom. The van der Waals surface area contributed by atoms with E-state index in [0.717, 1.165) is 37.5 Å². The van der Waals surface area contributed by atoms with Crippen LogP contribution in [0.15, 0.2) is 23.0 Å². The molecule has 0 atom stereocenters. The molecule has 2 N–H and O–H groups in total. The zero-order valence-electron chi connectivity index (χ0n) is 21.6. The van der Waals surface area contributed by atoms with E-state index >= 15 is 0 Å². The summed E-state index contributed by atoms with van der Waals surface area (Å²) in [5, 5.41) is 6.03. The largest absolute Gasteiger partial charge is 0.416 e. The fourth-order valence-corrected chi connectivity index (χ4v) is 5.20. The summed E-state index contributed by atoms with van der Waals surface area (Å²) >= 11 is 0. The number of anilines is 3. The highest BCUT2D eigenvalue weighted by molar-refractivity contribution is 5.92. The van der Waals surface area contributed by atoms with Crippen LogP contribution in [-0.2, 0) is 30.4 Å². The number of hydrogen-bond acceptors (Lipinski definition) is 7. The second-order valence-electron chi connectivity index (χ2n) is 9.71. The van der Waals surface area contributed by atoms with Crippen molar-refractivity contribution in [3.8, 4) is 0 Å². The molecule has 5 rings (SSSR count). The first kappa shape index (κ1) is 26.0. The molecule has 9 nitrogen and oxygen atoms in total. The van der Waals surface area contributed by atoms with Crippen LogP contribution in [0, 0.1) is 6.92 Å². The van der Waals surface area contributed by atoms with Crippen molar-refractivity contribution < 1.29 is 18.0 Å². The standard InChI is InChI=1S/C26H30F3N7O2/c1-4-19-22(35-11-8-30-9-12-35)23(38)21-25(32-18-7-10-34(3)24(18)33-21)36(19)14-20(37)31-17-6-5-16(13-15(17)2)26(27,28)29/h5-6,13,30H,4,7-12,14H2,1-3H3,(H,31,37). The lowest BCUT2D eigenvalue weighted by atomic mass is 10.1. The van der Waals surface area contributed by atoms with Crippen molar-refractivity contribution in [2.45, 2.75) is 39.4 Å². The molecule has 38 heavy (non-hydrogen) atoms. The molecular formula is C26H30F3N7O2. The second-order valence-corrected chi connectivity index (χ2v) is 9.71. The fraction of sp³-hybridized carbons (Fsp3) is 0.462. The third-order valence-electron chi connectivity index (χ3n) is 7.16. The van der Waals surface area contributed by atoms with Crippen LogP contribution >= 0.6 is 0 Å². The van der Waals surface area contributed by atoms with Crippen LogP contribution in [0.1, 0.15) is 29.4 Å². The van der Waals surface area contributed by atoms with Crippen LogP contribution in [0.5, 0.6) is 0 Å². The number of rotatable bonds is 5. The monoisotopic (exact) mass is 529 g/mol. The van der Waals surface area contributed by atoms with Gasteiger partial charge in [-0.3, -0.25) is 9.59 Å². The second kappa shape index (κ2) is 9.90. The Kier molecular flexibility index (Phi) is 6.76.